The first-order valence-corrected chi connectivity index (χ1v) is 9.79. The van der Waals surface area contributed by atoms with Gasteiger partial charge in [-0.3, -0.25) is 4.79 Å². The van der Waals surface area contributed by atoms with Crippen LogP contribution in [0.5, 0.6) is 0 Å². The van der Waals surface area contributed by atoms with Crippen LogP contribution in [0.15, 0.2) is 42.5 Å². The predicted molar refractivity (Wildman–Crippen MR) is 102 cm³/mol. The van der Waals surface area contributed by atoms with Gasteiger partial charge in [-0.2, -0.15) is 0 Å². The molecule has 0 saturated heterocycles. The number of nitrogens with one attached hydrogen (secondary N) is 1. The number of carbonyl (C=O) groups is 1. The van der Waals surface area contributed by atoms with Gasteiger partial charge in [0.25, 0.3) is 0 Å². The van der Waals surface area contributed by atoms with E-state index in [4.69, 9.17) is 0 Å². The number of hydrogen-bond donors (Lipinski definition) is 1. The van der Waals surface area contributed by atoms with Crippen molar-refractivity contribution in [2.45, 2.75) is 44.9 Å². The van der Waals surface area contributed by atoms with Gasteiger partial charge in [-0.15, -0.1) is 11.8 Å². The molecule has 0 saturated carbocycles. The smallest absolute Gasteiger partial charge is 0.230 e. The third kappa shape index (κ3) is 4.41. The summed E-state index contributed by atoms with van der Waals surface area (Å²) in [6, 6.07) is 15.3. The summed E-state index contributed by atoms with van der Waals surface area (Å²) in [5.41, 5.74) is 6.56. The molecule has 0 radical (unpaired) electrons. The Balaban J connectivity index is 1.51. The maximum Gasteiger partial charge on any atom is 0.230 e. The lowest BCUT2D eigenvalue weighted by Gasteiger charge is -2.26. The molecule has 24 heavy (non-hydrogen) atoms. The number of carbonyl (C=O) groups excluding carboxylic acids is 1. The molecule has 1 amide bonds. The normalized spacial score (nSPS) is 16.5. The van der Waals surface area contributed by atoms with Crippen molar-refractivity contribution in [2.75, 3.05) is 5.75 Å². The molecule has 0 heterocycles. The van der Waals surface area contributed by atoms with Crippen LogP contribution in [0.1, 0.15) is 46.7 Å². The van der Waals surface area contributed by atoms with Crippen LogP contribution in [-0.4, -0.2) is 11.7 Å². The second-order valence-electron chi connectivity index (χ2n) is 6.70. The Labute approximate surface area is 149 Å². The lowest BCUT2D eigenvalue weighted by Crippen LogP contribution is -2.32. The molecular formula is C21H25NOS. The van der Waals surface area contributed by atoms with Crippen LogP contribution in [0.2, 0.25) is 0 Å². The van der Waals surface area contributed by atoms with Crippen molar-refractivity contribution in [1.29, 1.82) is 0 Å². The van der Waals surface area contributed by atoms with Crippen LogP contribution < -0.4 is 5.32 Å². The van der Waals surface area contributed by atoms with Gasteiger partial charge in [0.05, 0.1) is 11.8 Å². The topological polar surface area (TPSA) is 29.1 Å². The Bertz CT molecular complexity index is 705. The second kappa shape index (κ2) is 7.89. The van der Waals surface area contributed by atoms with Crippen molar-refractivity contribution in [1.82, 2.24) is 5.32 Å². The van der Waals surface area contributed by atoms with Gasteiger partial charge >= 0.3 is 0 Å². The van der Waals surface area contributed by atoms with E-state index in [0.29, 0.717) is 5.75 Å². The third-order valence-electron chi connectivity index (χ3n) is 4.49. The number of fused-ring (bicyclic) bond motifs is 1. The minimum absolute atomic E-state index is 0.145. The highest BCUT2D eigenvalue weighted by Gasteiger charge is 2.21. The highest BCUT2D eigenvalue weighted by Crippen LogP contribution is 2.29. The van der Waals surface area contributed by atoms with Gasteiger partial charge in [-0.25, -0.2) is 0 Å². The predicted octanol–water partition coefficient (Wildman–Crippen LogP) is 4.73. The second-order valence-corrected chi connectivity index (χ2v) is 7.69. The quantitative estimate of drug-likeness (QED) is 0.853. The van der Waals surface area contributed by atoms with Crippen LogP contribution in [0.3, 0.4) is 0 Å². The third-order valence-corrected chi connectivity index (χ3v) is 5.49. The van der Waals surface area contributed by atoms with Gasteiger partial charge in [0.15, 0.2) is 0 Å². The average molecular weight is 340 g/mol. The molecule has 2 aromatic carbocycles. The molecule has 1 atom stereocenters. The van der Waals surface area contributed by atoms with Crippen molar-refractivity contribution < 1.29 is 4.79 Å². The van der Waals surface area contributed by atoms with Gasteiger partial charge in [0, 0.05) is 5.75 Å². The summed E-state index contributed by atoms with van der Waals surface area (Å²) < 4.78 is 0. The van der Waals surface area contributed by atoms with Crippen LogP contribution in [0.4, 0.5) is 0 Å². The van der Waals surface area contributed by atoms with Crippen LogP contribution in [-0.2, 0) is 17.0 Å². The maximum atomic E-state index is 12.3. The number of aryl methyl sites for hydroxylation is 3. The van der Waals surface area contributed by atoms with Crippen LogP contribution in [0, 0.1) is 13.8 Å². The monoisotopic (exact) mass is 339 g/mol. The van der Waals surface area contributed by atoms with E-state index in [9.17, 15) is 4.79 Å². The van der Waals surface area contributed by atoms with Gasteiger partial charge in [0.2, 0.25) is 5.91 Å². The fourth-order valence-corrected chi connectivity index (χ4v) is 4.33. The molecule has 3 rings (SSSR count). The number of rotatable bonds is 5. The van der Waals surface area contributed by atoms with Gasteiger partial charge < -0.3 is 5.32 Å². The minimum atomic E-state index is 0.145. The zero-order chi connectivity index (χ0) is 16.9. The van der Waals surface area contributed by atoms with E-state index >= 15 is 0 Å². The molecule has 0 fully saturated rings. The van der Waals surface area contributed by atoms with Crippen molar-refractivity contribution in [2.24, 2.45) is 0 Å². The lowest BCUT2D eigenvalue weighted by molar-refractivity contribution is -0.119. The van der Waals surface area contributed by atoms with Crippen LogP contribution in [0.25, 0.3) is 0 Å². The van der Waals surface area contributed by atoms with E-state index in [1.807, 2.05) is 0 Å². The van der Waals surface area contributed by atoms with Crippen molar-refractivity contribution >= 4 is 17.7 Å². The highest BCUT2D eigenvalue weighted by atomic mass is 32.2. The SMILES string of the molecule is Cc1cc(C)cc(CSCC(=O)NC2CCCc3ccccc32)c1. The largest absolute Gasteiger partial charge is 0.349 e. The van der Waals surface area contributed by atoms with Crippen molar-refractivity contribution in [3.8, 4) is 0 Å². The maximum absolute atomic E-state index is 12.3. The Hall–Kier alpha value is -1.74. The molecule has 0 aromatic heterocycles. The Morgan fingerprint density at radius 3 is 2.71 bits per heavy atom. The molecule has 0 spiro atoms. The van der Waals surface area contributed by atoms with E-state index in [1.54, 1.807) is 11.8 Å². The standard InChI is InChI=1S/C21H25NOS/c1-15-10-16(2)12-17(11-15)13-24-14-21(23)22-20-9-5-7-18-6-3-4-8-19(18)20/h3-4,6,8,10-12,20H,5,7,9,13-14H2,1-2H3,(H,22,23). The zero-order valence-electron chi connectivity index (χ0n) is 14.5. The molecule has 1 aliphatic rings. The summed E-state index contributed by atoms with van der Waals surface area (Å²) in [6.45, 7) is 4.24. The summed E-state index contributed by atoms with van der Waals surface area (Å²) in [5, 5.41) is 3.22. The highest BCUT2D eigenvalue weighted by molar-refractivity contribution is 7.99. The molecule has 1 unspecified atom stereocenters. The number of benzene rings is 2. The van der Waals surface area contributed by atoms with Gasteiger partial charge in [0.1, 0.15) is 0 Å². The van der Waals surface area contributed by atoms with Crippen LogP contribution >= 0.6 is 11.8 Å². The molecule has 2 aromatic rings. The average Bonchev–Trinajstić information content (AvgIpc) is 2.54. The molecule has 1 aliphatic carbocycles. The number of thioether (sulfide) groups is 1. The Morgan fingerprint density at radius 1 is 1.17 bits per heavy atom. The van der Waals surface area contributed by atoms with E-state index in [0.717, 1.165) is 25.0 Å². The van der Waals surface area contributed by atoms with E-state index in [-0.39, 0.29) is 11.9 Å². The minimum Gasteiger partial charge on any atom is -0.349 e. The molecule has 1 N–H and O–H groups in total. The van der Waals surface area contributed by atoms with E-state index in [2.05, 4.69) is 61.6 Å². The van der Waals surface area contributed by atoms with E-state index in [1.165, 1.54) is 27.8 Å². The Morgan fingerprint density at radius 2 is 1.92 bits per heavy atom. The summed E-state index contributed by atoms with van der Waals surface area (Å²) >= 11 is 1.69. The van der Waals surface area contributed by atoms with Crippen molar-refractivity contribution in [3.05, 3.63) is 70.3 Å². The zero-order valence-corrected chi connectivity index (χ0v) is 15.3. The molecule has 0 bridgehead atoms. The van der Waals surface area contributed by atoms with Gasteiger partial charge in [-0.1, -0.05) is 53.6 Å². The molecule has 3 heteroatoms. The summed E-state index contributed by atoms with van der Waals surface area (Å²) in [5.74, 6) is 1.55. The summed E-state index contributed by atoms with van der Waals surface area (Å²) in [4.78, 5) is 12.3. The molecule has 2 nitrogen and oxygen atoms in total. The molecule has 126 valence electrons. The van der Waals surface area contributed by atoms with Crippen molar-refractivity contribution in [3.63, 3.8) is 0 Å². The molecular weight excluding hydrogens is 314 g/mol. The molecule has 0 aliphatic heterocycles. The van der Waals surface area contributed by atoms with E-state index < -0.39 is 0 Å². The Kier molecular flexibility index (Phi) is 5.62. The lowest BCUT2D eigenvalue weighted by atomic mass is 9.88. The first-order chi connectivity index (χ1) is 11.6. The van der Waals surface area contributed by atoms with Gasteiger partial charge in [-0.05, 0) is 49.8 Å². The number of amides is 1. The first kappa shape index (κ1) is 17.1. The fourth-order valence-electron chi connectivity index (χ4n) is 3.55. The summed E-state index contributed by atoms with van der Waals surface area (Å²) in [7, 11) is 0. The fraction of sp³-hybridized carbons (Fsp3) is 0.381. The summed E-state index contributed by atoms with van der Waals surface area (Å²) in [6.07, 6.45) is 3.33. The number of hydrogen-bond acceptors (Lipinski definition) is 2. The first-order valence-electron chi connectivity index (χ1n) is 8.64.